The molecule has 1 unspecified atom stereocenters. The zero-order valence-electron chi connectivity index (χ0n) is 11.3. The van der Waals surface area contributed by atoms with Gasteiger partial charge in [0.2, 0.25) is 0 Å². The number of benzene rings is 1. The van der Waals surface area contributed by atoms with E-state index in [2.05, 4.69) is 5.32 Å². The van der Waals surface area contributed by atoms with Gasteiger partial charge in [0.05, 0.1) is 23.4 Å². The molecule has 0 aliphatic carbocycles. The summed E-state index contributed by atoms with van der Waals surface area (Å²) in [4.78, 5) is 24.7. The number of nitrogens with one attached hydrogen (secondary N) is 1. The van der Waals surface area contributed by atoms with Gasteiger partial charge in [-0.25, -0.2) is 9.59 Å². The van der Waals surface area contributed by atoms with Crippen molar-refractivity contribution >= 4 is 17.7 Å². The second-order valence-electron chi connectivity index (χ2n) is 5.30. The van der Waals surface area contributed by atoms with Gasteiger partial charge in [0.25, 0.3) is 0 Å². The Kier molecular flexibility index (Phi) is 3.94. The first-order chi connectivity index (χ1) is 9.39. The van der Waals surface area contributed by atoms with Crippen LogP contribution in [0, 0.1) is 0 Å². The van der Waals surface area contributed by atoms with Gasteiger partial charge in [0.15, 0.2) is 0 Å². The molecule has 0 aromatic heterocycles. The fraction of sp³-hybridized carbons (Fsp3) is 0.429. The molecule has 1 saturated heterocycles. The number of para-hydroxylation sites is 1. The molecule has 2 amide bonds. The number of hydrogen-bond donors (Lipinski definition) is 3. The molecule has 1 aromatic rings. The first kappa shape index (κ1) is 14.3. The Balaban J connectivity index is 2.10. The molecule has 0 radical (unpaired) electrons. The van der Waals surface area contributed by atoms with Gasteiger partial charge in [-0.2, -0.15) is 0 Å². The Morgan fingerprint density at radius 1 is 1.35 bits per heavy atom. The SMILES string of the molecule is CC1(O)CCCN(C(=O)Nc2ccccc2C(=O)O)C1. The smallest absolute Gasteiger partial charge is 0.337 e. The molecule has 0 bridgehead atoms. The number of β-amino-alcohol motifs (C(OH)–C–C–N with tert-alkyl or cyclic N) is 1. The van der Waals surface area contributed by atoms with Crippen LogP contribution in [-0.2, 0) is 0 Å². The number of piperidine rings is 1. The highest BCUT2D eigenvalue weighted by molar-refractivity contribution is 6.00. The van der Waals surface area contributed by atoms with Gasteiger partial charge in [-0.1, -0.05) is 12.1 Å². The molecule has 1 aromatic carbocycles. The van der Waals surface area contributed by atoms with Crippen LogP contribution in [0.2, 0.25) is 0 Å². The molecule has 1 fully saturated rings. The minimum atomic E-state index is -1.09. The summed E-state index contributed by atoms with van der Waals surface area (Å²) in [6, 6.07) is 5.85. The molecule has 1 aliphatic rings. The van der Waals surface area contributed by atoms with Crippen LogP contribution in [0.3, 0.4) is 0 Å². The Bertz CT molecular complexity index is 528. The highest BCUT2D eigenvalue weighted by Crippen LogP contribution is 2.22. The lowest BCUT2D eigenvalue weighted by Gasteiger charge is -2.36. The lowest BCUT2D eigenvalue weighted by molar-refractivity contribution is -0.000647. The van der Waals surface area contributed by atoms with E-state index in [0.717, 1.165) is 6.42 Å². The zero-order valence-corrected chi connectivity index (χ0v) is 11.3. The molecule has 108 valence electrons. The van der Waals surface area contributed by atoms with Crippen molar-refractivity contribution in [2.24, 2.45) is 0 Å². The van der Waals surface area contributed by atoms with Crippen molar-refractivity contribution in [1.29, 1.82) is 0 Å². The molecular formula is C14H18N2O4. The second kappa shape index (κ2) is 5.50. The summed E-state index contributed by atoms with van der Waals surface area (Å²) in [6.45, 7) is 2.49. The minimum absolute atomic E-state index is 0.0459. The maximum absolute atomic E-state index is 12.1. The molecule has 6 heteroatoms. The van der Waals surface area contributed by atoms with Gasteiger partial charge in [-0.05, 0) is 31.9 Å². The van der Waals surface area contributed by atoms with Crippen LogP contribution < -0.4 is 5.32 Å². The van der Waals surface area contributed by atoms with Crippen LogP contribution in [-0.4, -0.2) is 45.8 Å². The number of carbonyl (C=O) groups excluding carboxylic acids is 1. The number of carboxylic acid groups (broad SMARTS) is 1. The molecule has 2 rings (SSSR count). The number of aliphatic hydroxyl groups is 1. The average Bonchev–Trinajstić information content (AvgIpc) is 2.38. The van der Waals surface area contributed by atoms with Crippen molar-refractivity contribution in [2.45, 2.75) is 25.4 Å². The number of urea groups is 1. The number of aromatic carboxylic acids is 1. The van der Waals surface area contributed by atoms with Gasteiger partial charge in [-0.15, -0.1) is 0 Å². The number of carbonyl (C=O) groups is 2. The first-order valence-corrected chi connectivity index (χ1v) is 6.50. The van der Waals surface area contributed by atoms with E-state index in [-0.39, 0.29) is 17.8 Å². The summed E-state index contributed by atoms with van der Waals surface area (Å²) in [5.74, 6) is -1.09. The fourth-order valence-electron chi connectivity index (χ4n) is 2.37. The molecule has 6 nitrogen and oxygen atoms in total. The maximum Gasteiger partial charge on any atom is 0.337 e. The van der Waals surface area contributed by atoms with Crippen molar-refractivity contribution in [3.8, 4) is 0 Å². The average molecular weight is 278 g/mol. The topological polar surface area (TPSA) is 89.9 Å². The Hall–Kier alpha value is -2.08. The third kappa shape index (κ3) is 3.27. The normalized spacial score (nSPS) is 22.4. The van der Waals surface area contributed by atoms with Crippen LogP contribution in [0.15, 0.2) is 24.3 Å². The standard InChI is InChI=1S/C14H18N2O4/c1-14(20)7-4-8-16(9-14)13(19)15-11-6-3-2-5-10(11)12(17)18/h2-3,5-6,20H,4,7-9H2,1H3,(H,15,19)(H,17,18). The van der Waals surface area contributed by atoms with E-state index in [1.807, 2.05) is 0 Å². The number of carboxylic acids is 1. The third-order valence-corrected chi connectivity index (χ3v) is 3.36. The third-order valence-electron chi connectivity index (χ3n) is 3.36. The number of anilines is 1. The van der Waals surface area contributed by atoms with E-state index < -0.39 is 17.6 Å². The van der Waals surface area contributed by atoms with Crippen LogP contribution in [0.4, 0.5) is 10.5 Å². The predicted molar refractivity (Wildman–Crippen MR) is 73.9 cm³/mol. The van der Waals surface area contributed by atoms with E-state index in [1.54, 1.807) is 25.1 Å². The maximum atomic E-state index is 12.1. The fourth-order valence-corrected chi connectivity index (χ4v) is 2.37. The monoisotopic (exact) mass is 278 g/mol. The van der Waals surface area contributed by atoms with E-state index in [4.69, 9.17) is 5.11 Å². The molecule has 3 N–H and O–H groups in total. The van der Waals surface area contributed by atoms with Gasteiger partial charge in [-0.3, -0.25) is 0 Å². The van der Waals surface area contributed by atoms with Gasteiger partial charge in [0, 0.05) is 6.54 Å². The van der Waals surface area contributed by atoms with Crippen molar-refractivity contribution in [3.63, 3.8) is 0 Å². The predicted octanol–water partition coefficient (Wildman–Crippen LogP) is 1.76. The summed E-state index contributed by atoms with van der Waals surface area (Å²) in [7, 11) is 0. The highest BCUT2D eigenvalue weighted by atomic mass is 16.4. The summed E-state index contributed by atoms with van der Waals surface area (Å²) >= 11 is 0. The van der Waals surface area contributed by atoms with Gasteiger partial charge in [0.1, 0.15) is 0 Å². The van der Waals surface area contributed by atoms with Crippen molar-refractivity contribution in [1.82, 2.24) is 4.90 Å². The number of likely N-dealkylation sites (tertiary alicyclic amines) is 1. The largest absolute Gasteiger partial charge is 0.478 e. The Labute approximate surface area is 117 Å². The van der Waals surface area contributed by atoms with E-state index in [9.17, 15) is 14.7 Å². The number of rotatable bonds is 2. The minimum Gasteiger partial charge on any atom is -0.478 e. The molecular weight excluding hydrogens is 260 g/mol. The van der Waals surface area contributed by atoms with E-state index in [0.29, 0.717) is 13.0 Å². The van der Waals surface area contributed by atoms with Crippen LogP contribution in [0.5, 0.6) is 0 Å². The van der Waals surface area contributed by atoms with Crippen molar-refractivity contribution in [3.05, 3.63) is 29.8 Å². The summed E-state index contributed by atoms with van der Waals surface area (Å²) < 4.78 is 0. The molecule has 1 aliphatic heterocycles. The summed E-state index contributed by atoms with van der Waals surface area (Å²) in [5.41, 5.74) is -0.582. The zero-order chi connectivity index (χ0) is 14.8. The van der Waals surface area contributed by atoms with E-state index >= 15 is 0 Å². The van der Waals surface area contributed by atoms with Crippen LogP contribution in [0.1, 0.15) is 30.1 Å². The second-order valence-corrected chi connectivity index (χ2v) is 5.30. The van der Waals surface area contributed by atoms with Crippen molar-refractivity contribution in [2.75, 3.05) is 18.4 Å². The van der Waals surface area contributed by atoms with Crippen LogP contribution in [0.25, 0.3) is 0 Å². The lowest BCUT2D eigenvalue weighted by atomic mass is 9.95. The molecule has 0 spiro atoms. The summed E-state index contributed by atoms with van der Waals surface area (Å²) in [6.07, 6.45) is 1.38. The first-order valence-electron chi connectivity index (χ1n) is 6.50. The van der Waals surface area contributed by atoms with Crippen molar-refractivity contribution < 1.29 is 19.8 Å². The molecule has 20 heavy (non-hydrogen) atoms. The number of amides is 2. The lowest BCUT2D eigenvalue weighted by Crippen LogP contribution is -2.50. The van der Waals surface area contributed by atoms with Crippen LogP contribution >= 0.6 is 0 Å². The molecule has 1 heterocycles. The highest BCUT2D eigenvalue weighted by Gasteiger charge is 2.31. The van der Waals surface area contributed by atoms with Gasteiger partial charge >= 0.3 is 12.0 Å². The number of hydrogen-bond acceptors (Lipinski definition) is 3. The number of nitrogens with zero attached hydrogens (tertiary/aromatic N) is 1. The van der Waals surface area contributed by atoms with Gasteiger partial charge < -0.3 is 20.4 Å². The quantitative estimate of drug-likeness (QED) is 0.769. The molecule has 0 saturated carbocycles. The Morgan fingerprint density at radius 2 is 2.05 bits per heavy atom. The molecule has 1 atom stereocenters. The summed E-state index contributed by atoms with van der Waals surface area (Å²) in [5, 5.41) is 21.6. The van der Waals surface area contributed by atoms with E-state index in [1.165, 1.54) is 11.0 Å². The Morgan fingerprint density at radius 3 is 2.70 bits per heavy atom.